The lowest BCUT2D eigenvalue weighted by Crippen LogP contribution is -2.31. The largest absolute Gasteiger partial charge is 0.490 e. The quantitative estimate of drug-likeness (QED) is 0.629. The van der Waals surface area contributed by atoms with E-state index in [9.17, 15) is 0 Å². The minimum atomic E-state index is 0.0392. The highest BCUT2D eigenvalue weighted by Crippen LogP contribution is 2.32. The van der Waals surface area contributed by atoms with Crippen molar-refractivity contribution >= 4 is 23.0 Å². The zero-order valence-electron chi connectivity index (χ0n) is 15.1. The Morgan fingerprint density at radius 2 is 1.88 bits per heavy atom. The lowest BCUT2D eigenvalue weighted by atomic mass is 9.98. The number of hydrazone groups is 1. The number of benzene rings is 2. The number of hydrogen-bond donors (Lipinski definition) is 1. The van der Waals surface area contributed by atoms with Crippen molar-refractivity contribution in [3.05, 3.63) is 77.4 Å². The van der Waals surface area contributed by atoms with Gasteiger partial charge in [-0.25, -0.2) is 5.01 Å². The van der Waals surface area contributed by atoms with Crippen LogP contribution in [0.3, 0.4) is 0 Å². The fourth-order valence-electron chi connectivity index (χ4n) is 2.87. The summed E-state index contributed by atoms with van der Waals surface area (Å²) in [5, 5.41) is 6.69. The van der Waals surface area contributed by atoms with E-state index in [1.54, 1.807) is 5.01 Å². The van der Waals surface area contributed by atoms with Crippen LogP contribution in [0, 0.1) is 0 Å². The van der Waals surface area contributed by atoms with Gasteiger partial charge in [0.2, 0.25) is 0 Å². The summed E-state index contributed by atoms with van der Waals surface area (Å²) < 4.78 is 5.72. The smallest absolute Gasteiger partial charge is 0.187 e. The maximum Gasteiger partial charge on any atom is 0.187 e. The molecule has 0 fully saturated rings. The molecule has 0 saturated heterocycles. The Balaban J connectivity index is 1.75. The van der Waals surface area contributed by atoms with E-state index in [2.05, 4.69) is 37.2 Å². The van der Waals surface area contributed by atoms with Gasteiger partial charge in [0.15, 0.2) is 5.11 Å². The van der Waals surface area contributed by atoms with Crippen molar-refractivity contribution in [2.24, 2.45) is 10.8 Å². The third kappa shape index (κ3) is 4.29. The number of hydrogen-bond acceptors (Lipinski definition) is 3. The first kappa shape index (κ1) is 18.1. The van der Waals surface area contributed by atoms with Gasteiger partial charge in [0, 0.05) is 6.42 Å². The molecule has 2 N–H and O–H groups in total. The van der Waals surface area contributed by atoms with Crippen LogP contribution in [-0.4, -0.2) is 22.4 Å². The Bertz CT molecular complexity index is 824. The van der Waals surface area contributed by atoms with E-state index in [-0.39, 0.29) is 11.2 Å². The zero-order valence-corrected chi connectivity index (χ0v) is 15.9. The minimum Gasteiger partial charge on any atom is -0.490 e. The number of allylic oxidation sites excluding steroid dienone is 1. The highest BCUT2D eigenvalue weighted by atomic mass is 32.1. The predicted octanol–water partition coefficient (Wildman–Crippen LogP) is 4.43. The third-order valence-electron chi connectivity index (χ3n) is 4.25. The molecule has 1 unspecified atom stereocenters. The third-order valence-corrected chi connectivity index (χ3v) is 4.44. The molecule has 0 spiro atoms. The van der Waals surface area contributed by atoms with E-state index in [4.69, 9.17) is 22.7 Å². The summed E-state index contributed by atoms with van der Waals surface area (Å²) in [7, 11) is 0. The number of rotatable bonds is 5. The molecule has 0 bridgehead atoms. The lowest BCUT2D eigenvalue weighted by molar-refractivity contribution is 0.362. The lowest BCUT2D eigenvalue weighted by Gasteiger charge is -2.21. The van der Waals surface area contributed by atoms with Gasteiger partial charge in [-0.2, -0.15) is 5.10 Å². The Morgan fingerprint density at radius 1 is 1.19 bits per heavy atom. The van der Waals surface area contributed by atoms with Crippen LogP contribution in [-0.2, 0) is 0 Å². The summed E-state index contributed by atoms with van der Waals surface area (Å²) in [5.41, 5.74) is 10.3. The van der Waals surface area contributed by atoms with Crippen molar-refractivity contribution in [3.63, 3.8) is 0 Å². The number of nitrogens with zero attached hydrogens (tertiary/aromatic N) is 2. The standard InChI is InChI=1S/C21H23N3OS/c1-15(2)12-13-25-18-10-8-16(9-11-18)19-14-20(24(23-19)21(22)26)17-6-4-3-5-7-17/h3-12,20H,13-14H2,1-2H3,(H2,22,26). The number of nitrogens with two attached hydrogens (primary N) is 1. The van der Waals surface area contributed by atoms with E-state index in [1.165, 1.54) is 5.57 Å². The van der Waals surface area contributed by atoms with Crippen LogP contribution in [0.5, 0.6) is 5.75 Å². The van der Waals surface area contributed by atoms with Gasteiger partial charge in [0.05, 0.1) is 11.8 Å². The fourth-order valence-corrected chi connectivity index (χ4v) is 3.04. The molecule has 0 saturated carbocycles. The molecule has 5 heteroatoms. The molecule has 134 valence electrons. The minimum absolute atomic E-state index is 0.0392. The molecule has 3 rings (SSSR count). The SMILES string of the molecule is CC(C)=CCOc1ccc(C2=NN(C(N)=S)C(c3ccccc3)C2)cc1. The molecule has 0 aromatic heterocycles. The molecule has 26 heavy (non-hydrogen) atoms. The van der Waals surface area contributed by atoms with Gasteiger partial charge >= 0.3 is 0 Å². The van der Waals surface area contributed by atoms with E-state index >= 15 is 0 Å². The van der Waals surface area contributed by atoms with Gasteiger partial charge in [-0.3, -0.25) is 0 Å². The summed E-state index contributed by atoms with van der Waals surface area (Å²) in [6, 6.07) is 18.2. The summed E-state index contributed by atoms with van der Waals surface area (Å²) >= 11 is 5.20. The molecule has 1 aliphatic heterocycles. The van der Waals surface area contributed by atoms with Crippen molar-refractivity contribution in [1.29, 1.82) is 0 Å². The Morgan fingerprint density at radius 3 is 2.50 bits per heavy atom. The van der Waals surface area contributed by atoms with Crippen molar-refractivity contribution in [3.8, 4) is 5.75 Å². The number of thiocarbonyl (C=S) groups is 1. The summed E-state index contributed by atoms with van der Waals surface area (Å²) in [6.45, 7) is 4.69. The van der Waals surface area contributed by atoms with Crippen molar-refractivity contribution in [2.75, 3.05) is 6.61 Å². The maximum atomic E-state index is 5.89. The molecular formula is C21H23N3OS. The van der Waals surface area contributed by atoms with E-state index in [1.807, 2.05) is 42.5 Å². The predicted molar refractivity (Wildman–Crippen MR) is 110 cm³/mol. The van der Waals surface area contributed by atoms with Crippen molar-refractivity contribution in [1.82, 2.24) is 5.01 Å². The Hall–Kier alpha value is -2.66. The first-order valence-corrected chi connectivity index (χ1v) is 9.03. The summed E-state index contributed by atoms with van der Waals surface area (Å²) in [5.74, 6) is 0.843. The van der Waals surface area contributed by atoms with Gasteiger partial charge in [0.25, 0.3) is 0 Å². The first-order valence-electron chi connectivity index (χ1n) is 8.62. The molecule has 2 aromatic rings. The molecule has 2 aromatic carbocycles. The Labute approximate surface area is 160 Å². The average molecular weight is 366 g/mol. The Kier molecular flexibility index (Phi) is 5.68. The van der Waals surface area contributed by atoms with Crippen LogP contribution in [0.1, 0.15) is 37.4 Å². The molecule has 1 atom stereocenters. The molecular weight excluding hydrogens is 342 g/mol. The maximum absolute atomic E-state index is 5.89. The van der Waals surface area contributed by atoms with E-state index in [0.29, 0.717) is 6.61 Å². The fraction of sp³-hybridized carbons (Fsp3) is 0.238. The van der Waals surface area contributed by atoms with E-state index in [0.717, 1.165) is 29.0 Å². The molecule has 0 aliphatic carbocycles. The van der Waals surface area contributed by atoms with E-state index < -0.39 is 0 Å². The van der Waals surface area contributed by atoms with Crippen LogP contribution < -0.4 is 10.5 Å². The second-order valence-electron chi connectivity index (χ2n) is 6.48. The highest BCUT2D eigenvalue weighted by molar-refractivity contribution is 7.80. The van der Waals surface area contributed by atoms with Crippen LogP contribution in [0.2, 0.25) is 0 Å². The van der Waals surface area contributed by atoms with Gasteiger partial charge < -0.3 is 10.5 Å². The van der Waals surface area contributed by atoms with Gasteiger partial charge in [-0.15, -0.1) is 0 Å². The normalized spacial score (nSPS) is 16.2. The first-order chi connectivity index (χ1) is 12.5. The van der Waals surface area contributed by atoms with Crippen LogP contribution in [0.4, 0.5) is 0 Å². The van der Waals surface area contributed by atoms with Gasteiger partial charge in [0.1, 0.15) is 12.4 Å². The molecule has 1 heterocycles. The van der Waals surface area contributed by atoms with Gasteiger partial charge in [-0.1, -0.05) is 35.9 Å². The van der Waals surface area contributed by atoms with Crippen LogP contribution in [0.25, 0.3) is 0 Å². The number of ether oxygens (including phenoxy) is 1. The van der Waals surface area contributed by atoms with Crippen molar-refractivity contribution < 1.29 is 4.74 Å². The second-order valence-corrected chi connectivity index (χ2v) is 6.90. The van der Waals surface area contributed by atoms with Crippen LogP contribution >= 0.6 is 12.2 Å². The summed E-state index contributed by atoms with van der Waals surface area (Å²) in [4.78, 5) is 0. The molecule has 0 amide bonds. The molecule has 4 nitrogen and oxygen atoms in total. The second kappa shape index (κ2) is 8.15. The average Bonchev–Trinajstić information content (AvgIpc) is 3.08. The van der Waals surface area contributed by atoms with Gasteiger partial charge in [-0.05, 0) is 67.5 Å². The summed E-state index contributed by atoms with van der Waals surface area (Å²) in [6.07, 6.45) is 2.82. The zero-order chi connectivity index (χ0) is 18.5. The van der Waals surface area contributed by atoms with Crippen LogP contribution in [0.15, 0.2) is 71.3 Å². The highest BCUT2D eigenvalue weighted by Gasteiger charge is 2.30. The topological polar surface area (TPSA) is 50.8 Å². The molecule has 0 radical (unpaired) electrons. The monoisotopic (exact) mass is 365 g/mol. The molecule has 1 aliphatic rings. The van der Waals surface area contributed by atoms with Crippen molar-refractivity contribution in [2.45, 2.75) is 26.3 Å².